The SMILES string of the molecule is CC(C)CC(=O)C1=C(O)C(=O)N(Cc2ccco2)C1c1ccc(N(C)C)cc1. The first kappa shape index (κ1) is 19.7. The Labute approximate surface area is 165 Å². The summed E-state index contributed by atoms with van der Waals surface area (Å²) >= 11 is 0. The van der Waals surface area contributed by atoms with Gasteiger partial charge in [0.2, 0.25) is 0 Å². The largest absolute Gasteiger partial charge is 0.503 e. The standard InChI is InChI=1S/C22H26N2O4/c1-14(2)12-18(25)19-20(15-7-9-16(10-8-15)23(3)4)24(22(27)21(19)26)13-17-6-5-11-28-17/h5-11,14,20,26H,12-13H2,1-4H3. The van der Waals surface area contributed by atoms with E-state index >= 15 is 0 Å². The molecule has 6 heteroatoms. The zero-order valence-corrected chi connectivity index (χ0v) is 16.7. The molecule has 148 valence electrons. The summed E-state index contributed by atoms with van der Waals surface area (Å²) in [5, 5.41) is 10.5. The van der Waals surface area contributed by atoms with Crippen molar-refractivity contribution in [3.63, 3.8) is 0 Å². The molecule has 0 saturated carbocycles. The number of hydrogen-bond acceptors (Lipinski definition) is 5. The van der Waals surface area contributed by atoms with Gasteiger partial charge in [0.05, 0.1) is 24.4 Å². The number of Topliss-reactive ketones (excluding diaryl/α,β-unsaturated/α-hetero) is 1. The zero-order valence-electron chi connectivity index (χ0n) is 16.7. The van der Waals surface area contributed by atoms with Crippen LogP contribution in [0.4, 0.5) is 5.69 Å². The van der Waals surface area contributed by atoms with Gasteiger partial charge in [0.1, 0.15) is 5.76 Å². The molecule has 0 saturated heterocycles. The molecule has 1 aliphatic rings. The number of hydrogen-bond donors (Lipinski definition) is 1. The van der Waals surface area contributed by atoms with Crippen LogP contribution in [-0.4, -0.2) is 35.8 Å². The van der Waals surface area contributed by atoms with Gasteiger partial charge in [0.25, 0.3) is 5.91 Å². The Morgan fingerprint density at radius 1 is 1.21 bits per heavy atom. The average molecular weight is 382 g/mol. The Kier molecular flexibility index (Phi) is 5.58. The van der Waals surface area contributed by atoms with Crippen molar-refractivity contribution in [1.82, 2.24) is 4.90 Å². The molecule has 1 aromatic carbocycles. The van der Waals surface area contributed by atoms with Crippen LogP contribution in [0, 0.1) is 5.92 Å². The molecule has 6 nitrogen and oxygen atoms in total. The number of nitrogens with zero attached hydrogens (tertiary/aromatic N) is 2. The van der Waals surface area contributed by atoms with E-state index in [1.165, 1.54) is 11.2 Å². The quantitative estimate of drug-likeness (QED) is 0.787. The zero-order chi connectivity index (χ0) is 20.4. The van der Waals surface area contributed by atoms with Gasteiger partial charge in [0, 0.05) is 26.2 Å². The molecule has 0 spiro atoms. The molecular weight excluding hydrogens is 356 g/mol. The molecular formula is C22H26N2O4. The molecule has 1 aliphatic heterocycles. The van der Waals surface area contributed by atoms with Gasteiger partial charge < -0.3 is 19.3 Å². The van der Waals surface area contributed by atoms with E-state index in [0.717, 1.165) is 11.3 Å². The topological polar surface area (TPSA) is 74.0 Å². The van der Waals surface area contributed by atoms with Crippen molar-refractivity contribution in [2.24, 2.45) is 5.92 Å². The Bertz CT molecular complexity index is 880. The summed E-state index contributed by atoms with van der Waals surface area (Å²) < 4.78 is 5.39. The van der Waals surface area contributed by atoms with Crippen LogP contribution in [0.25, 0.3) is 0 Å². The number of amides is 1. The van der Waals surface area contributed by atoms with E-state index in [9.17, 15) is 14.7 Å². The highest BCUT2D eigenvalue weighted by Crippen LogP contribution is 2.40. The van der Waals surface area contributed by atoms with E-state index in [2.05, 4.69) is 0 Å². The smallest absolute Gasteiger partial charge is 0.290 e. The van der Waals surface area contributed by atoms with E-state index in [-0.39, 0.29) is 30.2 Å². The summed E-state index contributed by atoms with van der Waals surface area (Å²) in [5.74, 6) is -0.499. The fourth-order valence-corrected chi connectivity index (χ4v) is 3.45. The lowest BCUT2D eigenvalue weighted by atomic mass is 9.92. The molecule has 1 atom stereocenters. The summed E-state index contributed by atoms with van der Waals surface area (Å²) in [5.41, 5.74) is 1.96. The van der Waals surface area contributed by atoms with Gasteiger partial charge in [-0.25, -0.2) is 0 Å². The second-order valence-corrected chi connectivity index (χ2v) is 7.68. The monoisotopic (exact) mass is 382 g/mol. The number of anilines is 1. The highest BCUT2D eigenvalue weighted by molar-refractivity contribution is 6.09. The number of aliphatic hydroxyl groups is 1. The summed E-state index contributed by atoms with van der Waals surface area (Å²) in [6, 6.07) is 10.5. The highest BCUT2D eigenvalue weighted by atomic mass is 16.3. The summed E-state index contributed by atoms with van der Waals surface area (Å²) in [6.07, 6.45) is 1.81. The van der Waals surface area contributed by atoms with E-state index < -0.39 is 17.7 Å². The van der Waals surface area contributed by atoms with Crippen LogP contribution < -0.4 is 4.90 Å². The van der Waals surface area contributed by atoms with Gasteiger partial charge in [-0.2, -0.15) is 0 Å². The lowest BCUT2D eigenvalue weighted by Gasteiger charge is -2.26. The van der Waals surface area contributed by atoms with Crippen molar-refractivity contribution in [2.45, 2.75) is 32.9 Å². The maximum Gasteiger partial charge on any atom is 0.290 e. The Hall–Kier alpha value is -3.02. The van der Waals surface area contributed by atoms with Gasteiger partial charge in [-0.1, -0.05) is 26.0 Å². The number of carbonyl (C=O) groups is 2. The maximum atomic E-state index is 12.9. The third-order valence-electron chi connectivity index (χ3n) is 4.83. The minimum atomic E-state index is -0.639. The van der Waals surface area contributed by atoms with Crippen molar-refractivity contribution >= 4 is 17.4 Å². The molecule has 1 aromatic heterocycles. The normalized spacial score (nSPS) is 17.0. The van der Waals surface area contributed by atoms with Gasteiger partial charge in [-0.05, 0) is 35.7 Å². The number of carbonyl (C=O) groups excluding carboxylic acids is 2. The van der Waals surface area contributed by atoms with E-state index in [0.29, 0.717) is 5.76 Å². The van der Waals surface area contributed by atoms with E-state index in [4.69, 9.17) is 4.42 Å². The number of ketones is 1. The van der Waals surface area contributed by atoms with Gasteiger partial charge in [-0.3, -0.25) is 9.59 Å². The van der Waals surface area contributed by atoms with Crippen molar-refractivity contribution in [2.75, 3.05) is 19.0 Å². The first-order chi connectivity index (χ1) is 13.3. The lowest BCUT2D eigenvalue weighted by molar-refractivity contribution is -0.130. The number of benzene rings is 1. The summed E-state index contributed by atoms with van der Waals surface area (Å²) in [6.45, 7) is 4.05. The third kappa shape index (κ3) is 3.81. The van der Waals surface area contributed by atoms with Gasteiger partial charge in [0.15, 0.2) is 11.5 Å². The molecule has 1 amide bonds. The fourth-order valence-electron chi connectivity index (χ4n) is 3.45. The van der Waals surface area contributed by atoms with Crippen LogP contribution in [0.3, 0.4) is 0 Å². The average Bonchev–Trinajstić information content (AvgIpc) is 3.23. The second-order valence-electron chi connectivity index (χ2n) is 7.68. The summed E-state index contributed by atoms with van der Waals surface area (Å²) in [7, 11) is 3.89. The molecule has 2 heterocycles. The minimum absolute atomic E-state index is 0.124. The molecule has 0 aliphatic carbocycles. The Balaban J connectivity index is 2.03. The van der Waals surface area contributed by atoms with E-state index in [1.807, 2.05) is 57.1 Å². The van der Waals surface area contributed by atoms with Crippen LogP contribution in [0.15, 0.2) is 58.4 Å². The number of aliphatic hydroxyl groups excluding tert-OH is 1. The molecule has 3 rings (SSSR count). The Morgan fingerprint density at radius 2 is 1.89 bits per heavy atom. The maximum absolute atomic E-state index is 12.9. The fraction of sp³-hybridized carbons (Fsp3) is 0.364. The van der Waals surface area contributed by atoms with E-state index in [1.54, 1.807) is 12.1 Å². The Morgan fingerprint density at radius 3 is 2.43 bits per heavy atom. The first-order valence-electron chi connectivity index (χ1n) is 9.36. The van der Waals surface area contributed by atoms with Crippen molar-refractivity contribution in [3.8, 4) is 0 Å². The number of rotatable bonds is 7. The molecule has 2 aromatic rings. The molecule has 1 unspecified atom stereocenters. The summed E-state index contributed by atoms with van der Waals surface area (Å²) in [4.78, 5) is 29.2. The molecule has 0 radical (unpaired) electrons. The van der Waals surface area contributed by atoms with Gasteiger partial charge >= 0.3 is 0 Å². The highest BCUT2D eigenvalue weighted by Gasteiger charge is 2.43. The van der Waals surface area contributed by atoms with Crippen molar-refractivity contribution in [3.05, 3.63) is 65.3 Å². The molecule has 0 bridgehead atoms. The minimum Gasteiger partial charge on any atom is -0.503 e. The molecule has 1 N–H and O–H groups in total. The van der Waals surface area contributed by atoms with Crippen LogP contribution >= 0.6 is 0 Å². The van der Waals surface area contributed by atoms with Crippen molar-refractivity contribution < 1.29 is 19.1 Å². The molecule has 0 fully saturated rings. The predicted octanol–water partition coefficient (Wildman–Crippen LogP) is 3.86. The third-order valence-corrected chi connectivity index (χ3v) is 4.83. The van der Waals surface area contributed by atoms with Crippen LogP contribution in [-0.2, 0) is 16.1 Å². The first-order valence-corrected chi connectivity index (χ1v) is 9.36. The van der Waals surface area contributed by atoms with Crippen LogP contribution in [0.2, 0.25) is 0 Å². The lowest BCUT2D eigenvalue weighted by Crippen LogP contribution is -2.30. The second kappa shape index (κ2) is 7.92. The molecule has 28 heavy (non-hydrogen) atoms. The van der Waals surface area contributed by atoms with Crippen molar-refractivity contribution in [1.29, 1.82) is 0 Å². The van der Waals surface area contributed by atoms with Crippen LogP contribution in [0.1, 0.15) is 37.6 Å². The van der Waals surface area contributed by atoms with Gasteiger partial charge in [-0.15, -0.1) is 0 Å². The predicted molar refractivity (Wildman–Crippen MR) is 107 cm³/mol. The number of furan rings is 1. The van der Waals surface area contributed by atoms with Crippen LogP contribution in [0.5, 0.6) is 0 Å².